The first-order valence-electron chi connectivity index (χ1n) is 12.3. The van der Waals surface area contributed by atoms with E-state index in [1.54, 1.807) is 24.3 Å². The SMILES string of the molecule is CC(Cc1ccc(O)cc1)c1ccc(-c2ccc([N+](=O)[O-])cc2-c2ccccc2)c(-c2ccccc2)c1. The zero-order valence-corrected chi connectivity index (χ0v) is 20.5. The average molecular weight is 486 g/mol. The summed E-state index contributed by atoms with van der Waals surface area (Å²) in [7, 11) is 0. The third-order valence-corrected chi connectivity index (χ3v) is 6.76. The fourth-order valence-corrected chi connectivity index (χ4v) is 4.80. The Hall–Kier alpha value is -4.70. The second-order valence-electron chi connectivity index (χ2n) is 9.30. The molecule has 5 rings (SSSR count). The largest absolute Gasteiger partial charge is 0.508 e. The van der Waals surface area contributed by atoms with E-state index in [9.17, 15) is 15.2 Å². The van der Waals surface area contributed by atoms with E-state index in [-0.39, 0.29) is 22.3 Å². The van der Waals surface area contributed by atoms with Crippen LogP contribution in [0.2, 0.25) is 0 Å². The minimum Gasteiger partial charge on any atom is -0.508 e. The molecule has 5 aromatic rings. The van der Waals surface area contributed by atoms with E-state index in [1.807, 2.05) is 66.7 Å². The maximum atomic E-state index is 11.6. The highest BCUT2D eigenvalue weighted by Crippen LogP contribution is 2.41. The summed E-state index contributed by atoms with van der Waals surface area (Å²) in [6.07, 6.45) is 0.848. The Labute approximate surface area is 216 Å². The molecular formula is C33H27NO3. The lowest BCUT2D eigenvalue weighted by Crippen LogP contribution is -2.00. The Balaban J connectivity index is 1.64. The molecule has 0 aliphatic heterocycles. The quantitative estimate of drug-likeness (QED) is 0.185. The van der Waals surface area contributed by atoms with E-state index < -0.39 is 0 Å². The lowest BCUT2D eigenvalue weighted by Gasteiger charge is -2.19. The van der Waals surface area contributed by atoms with E-state index in [0.29, 0.717) is 0 Å². The van der Waals surface area contributed by atoms with Crippen molar-refractivity contribution in [2.24, 2.45) is 0 Å². The van der Waals surface area contributed by atoms with E-state index in [4.69, 9.17) is 0 Å². The van der Waals surface area contributed by atoms with Crippen molar-refractivity contribution >= 4 is 5.69 Å². The van der Waals surface area contributed by atoms with E-state index in [0.717, 1.165) is 45.4 Å². The van der Waals surface area contributed by atoms with E-state index >= 15 is 0 Å². The highest BCUT2D eigenvalue weighted by Gasteiger charge is 2.18. The molecule has 0 spiro atoms. The monoisotopic (exact) mass is 485 g/mol. The summed E-state index contributed by atoms with van der Waals surface area (Å²) in [5.74, 6) is 0.524. The van der Waals surface area contributed by atoms with Crippen molar-refractivity contribution < 1.29 is 10.0 Å². The van der Waals surface area contributed by atoms with Crippen LogP contribution >= 0.6 is 0 Å². The molecule has 0 saturated heterocycles. The molecule has 0 aromatic heterocycles. The highest BCUT2D eigenvalue weighted by atomic mass is 16.6. The summed E-state index contributed by atoms with van der Waals surface area (Å²) in [4.78, 5) is 11.3. The normalized spacial score (nSPS) is 11.7. The molecule has 37 heavy (non-hydrogen) atoms. The van der Waals surface area contributed by atoms with Gasteiger partial charge in [0.25, 0.3) is 5.69 Å². The molecule has 0 fully saturated rings. The predicted octanol–water partition coefficient (Wildman–Crippen LogP) is 8.65. The standard InChI is InChI=1S/C33H27NO3/c1-23(20-24-12-16-29(35)17-13-24)27-14-18-30(32(21-27)25-8-4-2-5-9-25)31-19-15-28(34(36)37)22-33(31)26-10-6-3-7-11-26/h2-19,21-23,35H,20H2,1H3. The molecule has 0 radical (unpaired) electrons. The molecule has 0 saturated carbocycles. The fraction of sp³-hybridized carbons (Fsp3) is 0.0909. The van der Waals surface area contributed by atoms with Gasteiger partial charge < -0.3 is 5.11 Å². The van der Waals surface area contributed by atoms with Gasteiger partial charge in [0.1, 0.15) is 5.75 Å². The van der Waals surface area contributed by atoms with Gasteiger partial charge in [0, 0.05) is 12.1 Å². The first kappa shape index (κ1) is 24.0. The predicted molar refractivity (Wildman–Crippen MR) is 150 cm³/mol. The molecule has 182 valence electrons. The van der Waals surface area contributed by atoms with Crippen LogP contribution < -0.4 is 0 Å². The zero-order valence-electron chi connectivity index (χ0n) is 20.5. The van der Waals surface area contributed by atoms with Crippen LogP contribution in [0.4, 0.5) is 5.69 Å². The fourth-order valence-electron chi connectivity index (χ4n) is 4.80. The number of nitro benzene ring substituents is 1. The van der Waals surface area contributed by atoms with Crippen LogP contribution in [-0.2, 0) is 6.42 Å². The lowest BCUT2D eigenvalue weighted by molar-refractivity contribution is -0.384. The van der Waals surface area contributed by atoms with Crippen LogP contribution in [-0.4, -0.2) is 10.0 Å². The molecule has 4 heteroatoms. The Morgan fingerprint density at radius 1 is 0.676 bits per heavy atom. The topological polar surface area (TPSA) is 63.4 Å². The molecule has 0 aliphatic carbocycles. The Morgan fingerprint density at radius 2 is 1.22 bits per heavy atom. The molecule has 0 amide bonds. The van der Waals surface area contributed by atoms with Crippen LogP contribution in [0.5, 0.6) is 5.75 Å². The van der Waals surface area contributed by atoms with Crippen LogP contribution in [0.15, 0.2) is 121 Å². The number of phenols is 1. The summed E-state index contributed by atoms with van der Waals surface area (Å²) >= 11 is 0. The summed E-state index contributed by atoms with van der Waals surface area (Å²) in [6.45, 7) is 2.21. The lowest BCUT2D eigenvalue weighted by atomic mass is 9.85. The molecule has 0 heterocycles. The molecule has 5 aromatic carbocycles. The Morgan fingerprint density at radius 3 is 1.78 bits per heavy atom. The van der Waals surface area contributed by atoms with Crippen molar-refractivity contribution in [2.45, 2.75) is 19.3 Å². The highest BCUT2D eigenvalue weighted by molar-refractivity contribution is 5.92. The summed E-state index contributed by atoms with van der Waals surface area (Å²) < 4.78 is 0. The van der Waals surface area contributed by atoms with Crippen LogP contribution in [0, 0.1) is 10.1 Å². The maximum Gasteiger partial charge on any atom is 0.270 e. The minimum absolute atomic E-state index is 0.0722. The van der Waals surface area contributed by atoms with Crippen LogP contribution in [0.3, 0.4) is 0 Å². The number of hydrogen-bond acceptors (Lipinski definition) is 3. The van der Waals surface area contributed by atoms with Crippen molar-refractivity contribution in [1.29, 1.82) is 0 Å². The zero-order chi connectivity index (χ0) is 25.8. The number of non-ortho nitro benzene ring substituents is 1. The Kier molecular flexibility index (Phi) is 6.82. The summed E-state index contributed by atoms with van der Waals surface area (Å²) in [5, 5.41) is 21.2. The van der Waals surface area contributed by atoms with E-state index in [1.165, 1.54) is 5.56 Å². The second-order valence-corrected chi connectivity index (χ2v) is 9.30. The number of benzene rings is 5. The van der Waals surface area contributed by atoms with Gasteiger partial charge in [0.15, 0.2) is 0 Å². The number of aromatic hydroxyl groups is 1. The second kappa shape index (κ2) is 10.5. The van der Waals surface area contributed by atoms with Crippen LogP contribution in [0.25, 0.3) is 33.4 Å². The van der Waals surface area contributed by atoms with Crippen molar-refractivity contribution in [3.05, 3.63) is 143 Å². The van der Waals surface area contributed by atoms with Crippen molar-refractivity contribution in [1.82, 2.24) is 0 Å². The van der Waals surface area contributed by atoms with Gasteiger partial charge in [-0.2, -0.15) is 0 Å². The van der Waals surface area contributed by atoms with Gasteiger partial charge >= 0.3 is 0 Å². The third kappa shape index (κ3) is 5.29. The Bertz CT molecular complexity index is 1530. The number of nitrogens with zero attached hydrogens (tertiary/aromatic N) is 1. The molecular weight excluding hydrogens is 458 g/mol. The van der Waals surface area contributed by atoms with Gasteiger partial charge in [-0.1, -0.05) is 97.9 Å². The number of hydrogen-bond donors (Lipinski definition) is 1. The number of nitro groups is 1. The van der Waals surface area contributed by atoms with Gasteiger partial charge in [-0.15, -0.1) is 0 Å². The van der Waals surface area contributed by atoms with Crippen LogP contribution in [0.1, 0.15) is 24.0 Å². The van der Waals surface area contributed by atoms with Crippen molar-refractivity contribution in [3.8, 4) is 39.1 Å². The minimum atomic E-state index is -0.345. The average Bonchev–Trinajstić information content (AvgIpc) is 2.94. The smallest absolute Gasteiger partial charge is 0.270 e. The van der Waals surface area contributed by atoms with Crippen molar-refractivity contribution in [2.75, 3.05) is 0 Å². The van der Waals surface area contributed by atoms with E-state index in [2.05, 4.69) is 37.3 Å². The third-order valence-electron chi connectivity index (χ3n) is 6.76. The first-order valence-corrected chi connectivity index (χ1v) is 12.3. The molecule has 1 unspecified atom stereocenters. The van der Waals surface area contributed by atoms with Crippen molar-refractivity contribution in [3.63, 3.8) is 0 Å². The van der Waals surface area contributed by atoms with Gasteiger partial charge in [-0.05, 0) is 75.0 Å². The number of phenolic OH excluding ortho intramolecular Hbond substituents is 1. The summed E-state index contributed by atoms with van der Waals surface area (Å²) in [5.41, 5.74) is 8.37. The molecule has 0 bridgehead atoms. The van der Waals surface area contributed by atoms with Gasteiger partial charge in [-0.3, -0.25) is 10.1 Å². The van der Waals surface area contributed by atoms with Gasteiger partial charge in [-0.25, -0.2) is 0 Å². The molecule has 1 N–H and O–H groups in total. The maximum absolute atomic E-state index is 11.6. The first-order chi connectivity index (χ1) is 18.0. The van der Waals surface area contributed by atoms with Gasteiger partial charge in [0.2, 0.25) is 0 Å². The molecule has 0 aliphatic rings. The summed E-state index contributed by atoms with van der Waals surface area (Å²) in [6, 6.07) is 39.1. The van der Waals surface area contributed by atoms with Gasteiger partial charge in [0.05, 0.1) is 4.92 Å². The molecule has 1 atom stereocenters. The molecule has 4 nitrogen and oxygen atoms in total. The number of rotatable bonds is 7.